The summed E-state index contributed by atoms with van der Waals surface area (Å²) in [6.07, 6.45) is 12.3. The zero-order valence-corrected chi connectivity index (χ0v) is 29.4. The predicted molar refractivity (Wildman–Crippen MR) is 212 cm³/mol. The van der Waals surface area contributed by atoms with E-state index in [9.17, 15) is 0 Å². The molecule has 228 valence electrons. The van der Waals surface area contributed by atoms with Crippen LogP contribution in [0.15, 0.2) is 91.0 Å². The molecule has 0 fully saturated rings. The minimum absolute atomic E-state index is 1.22. The Balaban J connectivity index is 1.03. The third kappa shape index (κ3) is 5.24. The van der Waals surface area contributed by atoms with E-state index in [2.05, 4.69) is 97.9 Å². The summed E-state index contributed by atoms with van der Waals surface area (Å²) >= 11 is 7.85. The monoisotopic (exact) mass is 668 g/mol. The van der Waals surface area contributed by atoms with E-state index in [0.29, 0.717) is 0 Å². The summed E-state index contributed by atoms with van der Waals surface area (Å²) in [6, 6.07) is 35.1. The van der Waals surface area contributed by atoms with E-state index in [-0.39, 0.29) is 0 Å². The van der Waals surface area contributed by atoms with Gasteiger partial charge in [-0.1, -0.05) is 82.2 Å². The summed E-state index contributed by atoms with van der Waals surface area (Å²) in [5.41, 5.74) is 1.30. The highest BCUT2D eigenvalue weighted by Gasteiger charge is 2.16. The molecule has 0 saturated heterocycles. The largest absolute Gasteiger partial charge is 0.140 e. The van der Waals surface area contributed by atoms with Crippen LogP contribution >= 0.6 is 45.3 Å². The van der Waals surface area contributed by atoms with Crippen LogP contribution in [0.2, 0.25) is 0 Å². The van der Waals surface area contributed by atoms with Crippen molar-refractivity contribution in [1.29, 1.82) is 0 Å². The molecule has 9 rings (SSSR count). The Morgan fingerprint density at radius 2 is 0.978 bits per heavy atom. The van der Waals surface area contributed by atoms with Gasteiger partial charge in [-0.25, -0.2) is 0 Å². The Morgan fingerprint density at radius 1 is 0.435 bits per heavy atom. The summed E-state index contributed by atoms with van der Waals surface area (Å²) in [5, 5.41) is 11.0. The van der Waals surface area contributed by atoms with E-state index in [4.69, 9.17) is 0 Å². The molecule has 0 amide bonds. The number of benzene rings is 5. The molecule has 0 aliphatic rings. The number of aryl methyl sites for hydroxylation is 1. The molecule has 0 radical (unpaired) electrons. The van der Waals surface area contributed by atoms with Gasteiger partial charge in [-0.15, -0.1) is 45.3 Å². The van der Waals surface area contributed by atoms with Crippen LogP contribution in [-0.2, 0) is 6.42 Å². The van der Waals surface area contributed by atoms with Crippen molar-refractivity contribution in [3.8, 4) is 10.4 Å². The number of hydrogen-bond donors (Lipinski definition) is 0. The van der Waals surface area contributed by atoms with E-state index >= 15 is 0 Å². The first-order valence-corrected chi connectivity index (χ1v) is 20.1. The molecule has 4 heteroatoms. The molecule has 0 aliphatic carbocycles. The lowest BCUT2D eigenvalue weighted by atomic mass is 10.0. The fourth-order valence-corrected chi connectivity index (χ4v) is 12.1. The van der Waals surface area contributed by atoms with Gasteiger partial charge in [0, 0.05) is 39.3 Å². The van der Waals surface area contributed by atoms with Gasteiger partial charge in [0.1, 0.15) is 0 Å². The molecule has 46 heavy (non-hydrogen) atoms. The Labute approximate surface area is 285 Å². The van der Waals surface area contributed by atoms with Crippen molar-refractivity contribution in [3.63, 3.8) is 0 Å². The fraction of sp³-hybridized carbons (Fsp3) is 0.238. The van der Waals surface area contributed by atoms with Crippen LogP contribution in [0.25, 0.3) is 81.7 Å². The molecule has 0 saturated carbocycles. The maximum atomic E-state index is 2.47. The van der Waals surface area contributed by atoms with Crippen molar-refractivity contribution in [2.24, 2.45) is 0 Å². The van der Waals surface area contributed by atoms with Gasteiger partial charge in [0.15, 0.2) is 0 Å². The molecule has 0 bridgehead atoms. The fourth-order valence-electron chi connectivity index (χ4n) is 7.18. The van der Waals surface area contributed by atoms with Crippen LogP contribution < -0.4 is 0 Å². The highest BCUT2D eigenvalue weighted by atomic mass is 32.1. The maximum Gasteiger partial charge on any atom is 0.0542 e. The van der Waals surface area contributed by atoms with Gasteiger partial charge in [-0.2, -0.15) is 0 Å². The normalized spacial score (nSPS) is 12.4. The topological polar surface area (TPSA) is 0 Å². The van der Waals surface area contributed by atoms with Gasteiger partial charge in [-0.3, -0.25) is 0 Å². The molecular weight excluding hydrogens is 633 g/mol. The molecule has 0 spiro atoms. The van der Waals surface area contributed by atoms with E-state index in [1.165, 1.54) is 140 Å². The van der Waals surface area contributed by atoms with Crippen LogP contribution in [0.4, 0.5) is 0 Å². The van der Waals surface area contributed by atoms with Crippen molar-refractivity contribution in [1.82, 2.24) is 0 Å². The van der Waals surface area contributed by atoms with Gasteiger partial charge < -0.3 is 0 Å². The Kier molecular flexibility index (Phi) is 7.58. The third-order valence-electron chi connectivity index (χ3n) is 9.65. The first-order chi connectivity index (χ1) is 22.7. The predicted octanol–water partition coefficient (Wildman–Crippen LogP) is 15.4. The molecule has 0 unspecified atom stereocenters. The number of unbranched alkanes of at least 4 members (excludes halogenated alkanes) is 7. The molecule has 0 nitrogen and oxygen atoms in total. The zero-order valence-electron chi connectivity index (χ0n) is 26.2. The summed E-state index contributed by atoms with van der Waals surface area (Å²) < 4.78 is 8.49. The summed E-state index contributed by atoms with van der Waals surface area (Å²) in [5.74, 6) is 0. The van der Waals surface area contributed by atoms with Gasteiger partial charge in [0.05, 0.1) is 9.40 Å². The van der Waals surface area contributed by atoms with Crippen LogP contribution in [0.3, 0.4) is 0 Å². The van der Waals surface area contributed by atoms with E-state index < -0.39 is 0 Å². The first-order valence-electron chi connectivity index (χ1n) is 16.9. The maximum absolute atomic E-state index is 2.47. The first kappa shape index (κ1) is 28.9. The lowest BCUT2D eigenvalue weighted by Crippen LogP contribution is -1.83. The molecule has 0 aliphatic heterocycles. The van der Waals surface area contributed by atoms with Gasteiger partial charge in [0.25, 0.3) is 0 Å². The van der Waals surface area contributed by atoms with Crippen LogP contribution in [0.5, 0.6) is 0 Å². The van der Waals surface area contributed by atoms with E-state index in [0.717, 1.165) is 0 Å². The summed E-state index contributed by atoms with van der Waals surface area (Å²) in [7, 11) is 0. The lowest BCUT2D eigenvalue weighted by molar-refractivity contribution is 0.576. The second-order valence-corrected chi connectivity index (χ2v) is 17.3. The van der Waals surface area contributed by atoms with Crippen molar-refractivity contribution in [2.45, 2.75) is 64.7 Å². The number of rotatable bonds is 10. The Morgan fingerprint density at radius 3 is 1.63 bits per heavy atom. The third-order valence-corrected chi connectivity index (χ3v) is 14.5. The Hall–Kier alpha value is -3.28. The molecule has 4 heterocycles. The molecular formula is C42H36S4. The van der Waals surface area contributed by atoms with Crippen molar-refractivity contribution in [3.05, 3.63) is 95.9 Å². The van der Waals surface area contributed by atoms with Crippen molar-refractivity contribution < 1.29 is 0 Å². The van der Waals surface area contributed by atoms with Gasteiger partial charge >= 0.3 is 0 Å². The minimum atomic E-state index is 1.22. The molecule has 5 aromatic carbocycles. The molecule has 0 N–H and O–H groups in total. The van der Waals surface area contributed by atoms with Crippen molar-refractivity contribution in [2.75, 3.05) is 0 Å². The quantitative estimate of drug-likeness (QED) is 0.127. The average molecular weight is 669 g/mol. The standard InChI is InChI=1S/C42H36S4/c1-2-3-4-5-6-7-8-12-15-33-18-31-16-27-19-34-39(23-29(27)21-37(31)43-33)45-42-35-20-28-17-32-25-36(26-13-10-9-11-14-26)44-38(32)22-30(28)24-40(35)46-41(34)42/h9-11,13-14,16-25H,2-8,12,15H2,1H3. The number of thiophene rings is 4. The van der Waals surface area contributed by atoms with Crippen LogP contribution in [-0.4, -0.2) is 0 Å². The second kappa shape index (κ2) is 12.1. The van der Waals surface area contributed by atoms with Crippen LogP contribution in [0.1, 0.15) is 63.2 Å². The summed E-state index contributed by atoms with van der Waals surface area (Å²) in [6.45, 7) is 2.30. The average Bonchev–Trinajstić information content (AvgIpc) is 3.84. The van der Waals surface area contributed by atoms with Crippen molar-refractivity contribution >= 4 is 117 Å². The Bertz CT molecular complexity index is 2520. The highest BCUT2D eigenvalue weighted by Crippen LogP contribution is 2.47. The SMILES string of the molecule is CCCCCCCCCCc1cc2cc3cc4c(cc3cc2s1)sc1c2cc3cc5cc(-c6ccccc6)sc5cc3cc2sc41. The van der Waals surface area contributed by atoms with E-state index in [1.54, 1.807) is 4.88 Å². The zero-order chi connectivity index (χ0) is 30.6. The van der Waals surface area contributed by atoms with Crippen LogP contribution in [0, 0.1) is 0 Å². The van der Waals surface area contributed by atoms with Gasteiger partial charge in [0.2, 0.25) is 0 Å². The minimum Gasteiger partial charge on any atom is -0.140 e. The van der Waals surface area contributed by atoms with E-state index in [1.807, 2.05) is 45.3 Å². The molecule has 4 aromatic heterocycles. The second-order valence-electron chi connectivity index (χ2n) is 12.9. The summed E-state index contributed by atoms with van der Waals surface area (Å²) in [4.78, 5) is 2.89. The van der Waals surface area contributed by atoms with Gasteiger partial charge in [-0.05, 0) is 111 Å². The molecule has 9 aromatic rings. The highest BCUT2D eigenvalue weighted by molar-refractivity contribution is 7.36. The molecule has 0 atom stereocenters. The lowest BCUT2D eigenvalue weighted by Gasteiger charge is -2.00. The number of hydrogen-bond acceptors (Lipinski definition) is 4. The number of fused-ring (bicyclic) bond motifs is 9. The smallest absolute Gasteiger partial charge is 0.0542 e.